The quantitative estimate of drug-likeness (QED) is 0.473. The van der Waals surface area contributed by atoms with Crippen molar-refractivity contribution in [1.29, 1.82) is 0 Å². The first-order valence-corrected chi connectivity index (χ1v) is 3.14. The number of hydrogen-bond donors (Lipinski definition) is 3. The molecule has 0 bridgehead atoms. The van der Waals surface area contributed by atoms with Crippen molar-refractivity contribution >= 4 is 11.6 Å². The van der Waals surface area contributed by atoms with Gasteiger partial charge in [-0.3, -0.25) is 10.2 Å². The van der Waals surface area contributed by atoms with E-state index in [-0.39, 0.29) is 5.91 Å². The van der Waals surface area contributed by atoms with E-state index >= 15 is 0 Å². The molecular formula is C6H6N4O. The molecule has 0 unspecified atom stereocenters. The maximum Gasteiger partial charge on any atom is 0.287 e. The molecule has 0 atom stereocenters. The molecule has 1 aliphatic rings. The summed E-state index contributed by atoms with van der Waals surface area (Å²) in [7, 11) is 0. The number of hydrazine groups is 2. The van der Waals surface area contributed by atoms with Gasteiger partial charge in [0.1, 0.15) is 0 Å². The minimum absolute atomic E-state index is 0.223. The van der Waals surface area contributed by atoms with Gasteiger partial charge in [-0.25, -0.2) is 4.98 Å². The van der Waals surface area contributed by atoms with Gasteiger partial charge in [0.2, 0.25) is 0 Å². The fourth-order valence-corrected chi connectivity index (χ4v) is 0.902. The molecule has 0 spiro atoms. The van der Waals surface area contributed by atoms with Gasteiger partial charge < -0.3 is 5.43 Å². The highest BCUT2D eigenvalue weighted by molar-refractivity contribution is 5.98. The molecule has 1 aromatic rings. The SMILES string of the molecule is O=C1NNNc2cccnc21. The molecule has 56 valence electrons. The summed E-state index contributed by atoms with van der Waals surface area (Å²) in [6, 6.07) is 3.53. The summed E-state index contributed by atoms with van der Waals surface area (Å²) in [5, 5.41) is 0. The van der Waals surface area contributed by atoms with Gasteiger partial charge in [0, 0.05) is 6.20 Å². The van der Waals surface area contributed by atoms with Gasteiger partial charge in [-0.05, 0) is 12.1 Å². The van der Waals surface area contributed by atoms with E-state index in [2.05, 4.69) is 21.4 Å². The zero-order chi connectivity index (χ0) is 7.68. The first kappa shape index (κ1) is 6.11. The first-order chi connectivity index (χ1) is 5.38. The van der Waals surface area contributed by atoms with Crippen molar-refractivity contribution < 1.29 is 4.79 Å². The van der Waals surface area contributed by atoms with Crippen LogP contribution in [-0.4, -0.2) is 10.9 Å². The normalized spacial score (nSPS) is 14.7. The summed E-state index contributed by atoms with van der Waals surface area (Å²) < 4.78 is 0. The second-order valence-corrected chi connectivity index (χ2v) is 2.10. The highest BCUT2D eigenvalue weighted by Gasteiger charge is 2.15. The molecule has 3 N–H and O–H groups in total. The highest BCUT2D eigenvalue weighted by Crippen LogP contribution is 2.11. The largest absolute Gasteiger partial charge is 0.302 e. The molecule has 11 heavy (non-hydrogen) atoms. The van der Waals surface area contributed by atoms with E-state index in [1.165, 1.54) is 0 Å². The average molecular weight is 150 g/mol. The van der Waals surface area contributed by atoms with Crippen molar-refractivity contribution in [1.82, 2.24) is 15.9 Å². The zero-order valence-corrected chi connectivity index (χ0v) is 5.59. The molecule has 2 rings (SSSR count). The maximum atomic E-state index is 11.0. The lowest BCUT2D eigenvalue weighted by molar-refractivity contribution is 0.0926. The van der Waals surface area contributed by atoms with Gasteiger partial charge in [0.15, 0.2) is 5.69 Å². The van der Waals surface area contributed by atoms with Gasteiger partial charge in [-0.2, -0.15) is 0 Å². The number of carbonyl (C=O) groups excluding carboxylic acids is 1. The van der Waals surface area contributed by atoms with Crippen LogP contribution in [-0.2, 0) is 0 Å². The number of nitrogens with zero attached hydrogens (tertiary/aromatic N) is 1. The molecule has 0 aliphatic carbocycles. The number of pyridine rings is 1. The highest BCUT2D eigenvalue weighted by atomic mass is 16.2. The van der Waals surface area contributed by atoms with Gasteiger partial charge in [0.25, 0.3) is 5.91 Å². The number of fused-ring (bicyclic) bond motifs is 1. The Bertz CT molecular complexity index is 298. The molecule has 0 radical (unpaired) electrons. The second-order valence-electron chi connectivity index (χ2n) is 2.10. The van der Waals surface area contributed by atoms with Crippen LogP contribution in [0.15, 0.2) is 18.3 Å². The Labute approximate surface area is 62.8 Å². The molecule has 0 saturated carbocycles. The summed E-state index contributed by atoms with van der Waals surface area (Å²) in [5.41, 5.74) is 8.72. The van der Waals surface area contributed by atoms with Crippen LogP contribution in [0.2, 0.25) is 0 Å². The Kier molecular flexibility index (Phi) is 1.23. The van der Waals surface area contributed by atoms with Gasteiger partial charge in [0.05, 0.1) is 5.69 Å². The fourth-order valence-electron chi connectivity index (χ4n) is 0.902. The number of hydrogen-bond acceptors (Lipinski definition) is 4. The number of aromatic nitrogens is 1. The average Bonchev–Trinajstić information content (AvgIpc) is 2.06. The number of amides is 1. The molecule has 5 heteroatoms. The first-order valence-electron chi connectivity index (χ1n) is 3.14. The molecule has 0 aromatic carbocycles. The van der Waals surface area contributed by atoms with Crippen LogP contribution >= 0.6 is 0 Å². The molecule has 5 nitrogen and oxygen atoms in total. The van der Waals surface area contributed by atoms with Crippen molar-refractivity contribution in [2.45, 2.75) is 0 Å². The van der Waals surface area contributed by atoms with E-state index in [9.17, 15) is 4.79 Å². The third kappa shape index (κ3) is 0.908. The summed E-state index contributed by atoms with van der Waals surface area (Å²) in [5.74, 6) is -0.223. The van der Waals surface area contributed by atoms with Crippen LogP contribution in [0, 0.1) is 0 Å². The van der Waals surface area contributed by atoms with Crippen molar-refractivity contribution in [3.05, 3.63) is 24.0 Å². The van der Waals surface area contributed by atoms with Crippen molar-refractivity contribution in [2.75, 3.05) is 5.43 Å². The Balaban J connectivity index is 2.52. The Morgan fingerprint density at radius 3 is 3.09 bits per heavy atom. The molecule has 1 aromatic heterocycles. The van der Waals surface area contributed by atoms with E-state index in [0.29, 0.717) is 11.4 Å². The third-order valence-electron chi connectivity index (χ3n) is 1.40. The predicted octanol–water partition coefficient (Wildman–Crippen LogP) is -0.344. The number of carbonyl (C=O) groups is 1. The van der Waals surface area contributed by atoms with Crippen molar-refractivity contribution in [3.63, 3.8) is 0 Å². The fraction of sp³-hybridized carbons (Fsp3) is 0. The number of nitrogens with one attached hydrogen (secondary N) is 3. The van der Waals surface area contributed by atoms with E-state index in [1.54, 1.807) is 18.3 Å². The van der Waals surface area contributed by atoms with E-state index in [4.69, 9.17) is 0 Å². The summed E-state index contributed by atoms with van der Waals surface area (Å²) >= 11 is 0. The Hall–Kier alpha value is -1.62. The van der Waals surface area contributed by atoms with E-state index in [1.807, 2.05) is 0 Å². The Morgan fingerprint density at radius 1 is 1.36 bits per heavy atom. The Morgan fingerprint density at radius 2 is 2.27 bits per heavy atom. The number of anilines is 1. The van der Waals surface area contributed by atoms with Gasteiger partial charge in [-0.15, -0.1) is 5.53 Å². The van der Waals surface area contributed by atoms with Crippen molar-refractivity contribution in [3.8, 4) is 0 Å². The van der Waals surface area contributed by atoms with E-state index < -0.39 is 0 Å². The molecule has 2 heterocycles. The van der Waals surface area contributed by atoms with Crippen LogP contribution in [0.3, 0.4) is 0 Å². The zero-order valence-electron chi connectivity index (χ0n) is 5.59. The summed E-state index contributed by atoms with van der Waals surface area (Å²) in [6.07, 6.45) is 1.57. The lowest BCUT2D eigenvalue weighted by Gasteiger charge is -2.17. The molecule has 1 aliphatic heterocycles. The predicted molar refractivity (Wildman–Crippen MR) is 38.5 cm³/mol. The van der Waals surface area contributed by atoms with Gasteiger partial charge in [-0.1, -0.05) is 0 Å². The number of rotatable bonds is 0. The van der Waals surface area contributed by atoms with Crippen LogP contribution in [0.25, 0.3) is 0 Å². The lowest BCUT2D eigenvalue weighted by atomic mass is 10.3. The minimum atomic E-state index is -0.223. The maximum absolute atomic E-state index is 11.0. The van der Waals surface area contributed by atoms with E-state index in [0.717, 1.165) is 0 Å². The topological polar surface area (TPSA) is 66.1 Å². The smallest absolute Gasteiger partial charge is 0.287 e. The molecule has 0 fully saturated rings. The van der Waals surface area contributed by atoms with Crippen LogP contribution in [0.4, 0.5) is 5.69 Å². The summed E-state index contributed by atoms with van der Waals surface area (Å²) in [6.45, 7) is 0. The van der Waals surface area contributed by atoms with Crippen molar-refractivity contribution in [2.24, 2.45) is 0 Å². The molecular weight excluding hydrogens is 144 g/mol. The van der Waals surface area contributed by atoms with Gasteiger partial charge >= 0.3 is 0 Å². The minimum Gasteiger partial charge on any atom is -0.302 e. The van der Waals surface area contributed by atoms with Crippen LogP contribution in [0.1, 0.15) is 10.5 Å². The lowest BCUT2D eigenvalue weighted by Crippen LogP contribution is -2.46. The molecule has 1 amide bonds. The second kappa shape index (κ2) is 2.21. The van der Waals surface area contributed by atoms with Crippen LogP contribution < -0.4 is 16.4 Å². The van der Waals surface area contributed by atoms with Crippen LogP contribution in [0.5, 0.6) is 0 Å². The monoisotopic (exact) mass is 150 g/mol. The summed E-state index contributed by atoms with van der Waals surface area (Å²) in [4.78, 5) is 14.9. The third-order valence-corrected chi connectivity index (χ3v) is 1.40. The standard InChI is InChI=1S/C6H6N4O/c11-6-5-4(8-10-9-6)2-1-3-7-5/h1-3,8,10H,(H,9,11). The molecule has 0 saturated heterocycles.